The average molecular weight is 406 g/mol. The first-order chi connectivity index (χ1) is 14.6. The Morgan fingerprint density at radius 3 is 2.60 bits per heavy atom. The summed E-state index contributed by atoms with van der Waals surface area (Å²) in [5.41, 5.74) is 2.15. The van der Waals surface area contributed by atoms with Gasteiger partial charge in [0.25, 0.3) is 0 Å². The number of para-hydroxylation sites is 2. The number of anilines is 1. The molecule has 6 nitrogen and oxygen atoms in total. The van der Waals surface area contributed by atoms with Crippen LogP contribution in [0, 0.1) is 5.92 Å². The first kappa shape index (κ1) is 19.1. The van der Waals surface area contributed by atoms with Gasteiger partial charge in [-0.1, -0.05) is 24.3 Å². The number of benzene rings is 2. The Hall–Kier alpha value is -2.86. The highest BCUT2D eigenvalue weighted by Gasteiger charge is 2.65. The lowest BCUT2D eigenvalue weighted by Gasteiger charge is -2.34. The topological polar surface area (TPSA) is 59.1 Å². The number of esters is 1. The predicted octanol–water partition coefficient (Wildman–Crippen LogP) is 3.42. The van der Waals surface area contributed by atoms with Gasteiger partial charge < -0.3 is 14.4 Å². The van der Waals surface area contributed by atoms with E-state index in [0.717, 1.165) is 42.8 Å². The molecule has 3 aliphatic rings. The van der Waals surface area contributed by atoms with Crippen LogP contribution in [-0.2, 0) is 9.53 Å². The van der Waals surface area contributed by atoms with Gasteiger partial charge in [0.05, 0.1) is 25.5 Å². The molecule has 3 fully saturated rings. The van der Waals surface area contributed by atoms with E-state index in [0.29, 0.717) is 12.1 Å². The Kier molecular flexibility index (Phi) is 4.54. The molecule has 3 saturated heterocycles. The van der Waals surface area contributed by atoms with Crippen molar-refractivity contribution in [3.63, 3.8) is 0 Å². The molecule has 0 aromatic heterocycles. The van der Waals surface area contributed by atoms with E-state index >= 15 is 0 Å². The van der Waals surface area contributed by atoms with Crippen molar-refractivity contribution >= 4 is 17.6 Å². The van der Waals surface area contributed by atoms with Crippen molar-refractivity contribution in [3.8, 4) is 5.75 Å². The second-order valence-corrected chi connectivity index (χ2v) is 8.37. The zero-order valence-corrected chi connectivity index (χ0v) is 17.3. The van der Waals surface area contributed by atoms with Gasteiger partial charge in [-0.3, -0.25) is 9.69 Å². The van der Waals surface area contributed by atoms with Gasteiger partial charge in [0.15, 0.2) is 0 Å². The van der Waals surface area contributed by atoms with Crippen molar-refractivity contribution in [2.45, 2.75) is 30.8 Å². The number of carbonyl (C=O) groups is 2. The highest BCUT2D eigenvalue weighted by atomic mass is 16.5. The number of amides is 1. The summed E-state index contributed by atoms with van der Waals surface area (Å²) in [4.78, 5) is 29.9. The standard InChI is InChI=1S/C24H26N2O4/c1-29-21-7-4-3-6-19(21)25-15-18-14-20(26-13-5-12-24(18,26)23(25)28)16-8-10-17(11-9-16)22(27)30-2/h3-4,6-11,18,20H,5,12-15H2,1-2H3/t18-,20-,24-/m0/s1. The molecule has 0 bridgehead atoms. The molecule has 0 saturated carbocycles. The predicted molar refractivity (Wildman–Crippen MR) is 113 cm³/mol. The molecule has 2 aromatic carbocycles. The third-order valence-electron chi connectivity index (χ3n) is 7.14. The van der Waals surface area contributed by atoms with Gasteiger partial charge in [0.2, 0.25) is 5.91 Å². The molecule has 30 heavy (non-hydrogen) atoms. The summed E-state index contributed by atoms with van der Waals surface area (Å²) in [6, 6.07) is 15.6. The minimum absolute atomic E-state index is 0.197. The third kappa shape index (κ3) is 2.59. The van der Waals surface area contributed by atoms with Crippen LogP contribution < -0.4 is 9.64 Å². The zero-order valence-electron chi connectivity index (χ0n) is 17.3. The highest BCUT2D eigenvalue weighted by Crippen LogP contribution is 2.57. The van der Waals surface area contributed by atoms with Crippen LogP contribution in [0.15, 0.2) is 48.5 Å². The molecule has 0 aliphatic carbocycles. The van der Waals surface area contributed by atoms with Gasteiger partial charge in [-0.25, -0.2) is 4.79 Å². The Morgan fingerprint density at radius 1 is 1.10 bits per heavy atom. The summed E-state index contributed by atoms with van der Waals surface area (Å²) in [7, 11) is 3.04. The minimum Gasteiger partial charge on any atom is -0.495 e. The van der Waals surface area contributed by atoms with Gasteiger partial charge in [-0.05, 0) is 55.6 Å². The number of nitrogens with zero attached hydrogens (tertiary/aromatic N) is 2. The molecule has 0 unspecified atom stereocenters. The van der Waals surface area contributed by atoms with E-state index in [9.17, 15) is 9.59 Å². The van der Waals surface area contributed by atoms with Gasteiger partial charge in [0.1, 0.15) is 11.3 Å². The van der Waals surface area contributed by atoms with Gasteiger partial charge in [-0.15, -0.1) is 0 Å². The van der Waals surface area contributed by atoms with Crippen LogP contribution in [0.2, 0.25) is 0 Å². The molecule has 2 aromatic rings. The molecule has 5 rings (SSSR count). The summed E-state index contributed by atoms with van der Waals surface area (Å²) >= 11 is 0. The minimum atomic E-state index is -0.424. The molecule has 1 amide bonds. The number of rotatable bonds is 4. The lowest BCUT2D eigenvalue weighted by Crippen LogP contribution is -2.49. The number of hydrogen-bond acceptors (Lipinski definition) is 5. The SMILES string of the molecule is COC(=O)c1ccc([C@@H]2C[C@H]3CN(c4ccccc4OC)C(=O)[C@]34CCCN24)cc1. The summed E-state index contributed by atoms with van der Waals surface area (Å²) < 4.78 is 10.3. The Morgan fingerprint density at radius 2 is 1.87 bits per heavy atom. The van der Waals surface area contributed by atoms with E-state index in [1.807, 2.05) is 53.4 Å². The van der Waals surface area contributed by atoms with Crippen molar-refractivity contribution < 1.29 is 19.1 Å². The molecule has 3 aliphatic heterocycles. The smallest absolute Gasteiger partial charge is 0.337 e. The van der Waals surface area contributed by atoms with Crippen LogP contribution in [0.4, 0.5) is 5.69 Å². The number of methoxy groups -OCH3 is 2. The van der Waals surface area contributed by atoms with Crippen LogP contribution in [0.1, 0.15) is 41.2 Å². The van der Waals surface area contributed by atoms with Crippen molar-refractivity contribution in [1.82, 2.24) is 4.90 Å². The van der Waals surface area contributed by atoms with Crippen LogP contribution in [0.5, 0.6) is 5.75 Å². The maximum atomic E-state index is 13.8. The average Bonchev–Trinajstić information content (AvgIpc) is 3.43. The summed E-state index contributed by atoms with van der Waals surface area (Å²) in [6.07, 6.45) is 2.87. The van der Waals surface area contributed by atoms with Crippen molar-refractivity contribution in [2.24, 2.45) is 5.92 Å². The Labute approximate surface area is 176 Å². The first-order valence-corrected chi connectivity index (χ1v) is 10.5. The molecule has 6 heteroatoms. The van der Waals surface area contributed by atoms with E-state index in [1.165, 1.54) is 7.11 Å². The lowest BCUT2D eigenvalue weighted by atomic mass is 9.85. The van der Waals surface area contributed by atoms with E-state index in [1.54, 1.807) is 7.11 Å². The zero-order chi connectivity index (χ0) is 20.9. The number of ether oxygens (including phenoxy) is 2. The fourth-order valence-electron chi connectivity index (χ4n) is 5.83. The Balaban J connectivity index is 1.45. The summed E-state index contributed by atoms with van der Waals surface area (Å²) in [5, 5.41) is 0. The van der Waals surface area contributed by atoms with Crippen LogP contribution in [0.3, 0.4) is 0 Å². The van der Waals surface area contributed by atoms with Gasteiger partial charge in [-0.2, -0.15) is 0 Å². The van der Waals surface area contributed by atoms with Gasteiger partial charge in [0, 0.05) is 18.5 Å². The second kappa shape index (κ2) is 7.13. The fourth-order valence-corrected chi connectivity index (χ4v) is 5.83. The maximum Gasteiger partial charge on any atom is 0.337 e. The number of carbonyl (C=O) groups excluding carboxylic acids is 2. The molecular formula is C24H26N2O4. The third-order valence-corrected chi connectivity index (χ3v) is 7.14. The second-order valence-electron chi connectivity index (χ2n) is 8.37. The normalized spacial score (nSPS) is 27.8. The largest absolute Gasteiger partial charge is 0.495 e. The molecular weight excluding hydrogens is 380 g/mol. The maximum absolute atomic E-state index is 13.8. The quantitative estimate of drug-likeness (QED) is 0.728. The molecule has 0 N–H and O–H groups in total. The highest BCUT2D eigenvalue weighted by molar-refractivity contribution is 6.04. The van der Waals surface area contributed by atoms with E-state index < -0.39 is 5.54 Å². The first-order valence-electron chi connectivity index (χ1n) is 10.5. The fraction of sp³-hybridized carbons (Fsp3) is 0.417. The molecule has 1 spiro atoms. The van der Waals surface area contributed by atoms with Crippen LogP contribution in [0.25, 0.3) is 0 Å². The van der Waals surface area contributed by atoms with Crippen molar-refractivity contribution in [2.75, 3.05) is 32.2 Å². The van der Waals surface area contributed by atoms with Crippen LogP contribution in [-0.4, -0.2) is 49.6 Å². The molecule has 3 atom stereocenters. The molecule has 3 heterocycles. The van der Waals surface area contributed by atoms with E-state index in [4.69, 9.17) is 9.47 Å². The molecule has 156 valence electrons. The van der Waals surface area contributed by atoms with Crippen molar-refractivity contribution in [1.29, 1.82) is 0 Å². The summed E-state index contributed by atoms with van der Waals surface area (Å²) in [6.45, 7) is 1.64. The Bertz CT molecular complexity index is 989. The molecule has 0 radical (unpaired) electrons. The van der Waals surface area contributed by atoms with E-state index in [-0.39, 0.29) is 23.8 Å². The lowest BCUT2D eigenvalue weighted by molar-refractivity contribution is -0.126. The monoisotopic (exact) mass is 406 g/mol. The number of hydrogen-bond donors (Lipinski definition) is 0. The van der Waals surface area contributed by atoms with Crippen LogP contribution >= 0.6 is 0 Å². The summed E-state index contributed by atoms with van der Waals surface area (Å²) in [5.74, 6) is 0.887. The van der Waals surface area contributed by atoms with E-state index in [2.05, 4.69) is 4.90 Å². The van der Waals surface area contributed by atoms with Crippen molar-refractivity contribution in [3.05, 3.63) is 59.7 Å². The van der Waals surface area contributed by atoms with Gasteiger partial charge >= 0.3 is 5.97 Å².